The van der Waals surface area contributed by atoms with Crippen molar-refractivity contribution in [1.82, 2.24) is 9.97 Å². The molecular weight excluding hydrogens is 1090 g/mol. The number of hydrogen-bond acceptors (Lipinski definition) is 17. The van der Waals surface area contributed by atoms with Crippen LogP contribution in [0.25, 0.3) is 21.8 Å². The molecule has 0 bridgehead atoms. The molecule has 422 valence electrons. The molecule has 0 saturated heterocycles. The number of aromatic nitrogens is 2. The molecule has 2 heterocycles. The molecule has 0 saturated carbocycles. The van der Waals surface area contributed by atoms with Crippen molar-refractivity contribution in [3.8, 4) is 11.5 Å². The molecule has 2 amide bonds. The van der Waals surface area contributed by atoms with Crippen LogP contribution >= 0.6 is 11.6 Å². The summed E-state index contributed by atoms with van der Waals surface area (Å²) < 4.78 is 4.41. The number of fused-ring (bicyclic) bond motifs is 2. The molecule has 0 fully saturated rings. The number of carbonyl (C=O) groups excluding carboxylic acids is 4. The number of carbonyl (C=O) groups is 6. The van der Waals surface area contributed by atoms with Gasteiger partial charge in [0.2, 0.25) is 22.8 Å². The number of carboxylic acids is 2. The maximum absolute atomic E-state index is 11.3. The van der Waals surface area contributed by atoms with Gasteiger partial charge in [0.1, 0.15) is 25.0 Å². The van der Waals surface area contributed by atoms with Gasteiger partial charge in [-0.25, -0.2) is 0 Å². The van der Waals surface area contributed by atoms with Crippen molar-refractivity contribution >= 4 is 91.1 Å². The first-order valence-electron chi connectivity index (χ1n) is 22.5. The number of carboxylic acid groups (broad SMARTS) is 2. The van der Waals surface area contributed by atoms with Gasteiger partial charge in [-0.3, -0.25) is 48.5 Å². The van der Waals surface area contributed by atoms with Crippen molar-refractivity contribution < 1.29 is 104 Å². The number of H-pyrrole nitrogens is 2. The molecule has 0 radical (unpaired) electrons. The predicted octanol–water partition coefficient (Wildman–Crippen LogP) is 4.57. The number of nitrogens with zero attached hydrogens (tertiary/aromatic N) is 2. The maximum Gasteiger partial charge on any atom is 1.00 e. The van der Waals surface area contributed by atoms with Crippen molar-refractivity contribution in [3.05, 3.63) is 184 Å². The van der Waals surface area contributed by atoms with Gasteiger partial charge in [-0.05, 0) is 114 Å². The van der Waals surface area contributed by atoms with E-state index in [9.17, 15) is 58.7 Å². The number of benzene rings is 5. The largest absolute Gasteiger partial charge is 1.00 e. The number of aryl methyl sites for hydroxylation is 5. The predicted molar refractivity (Wildman–Crippen MR) is 291 cm³/mol. The topological polar surface area (TPSA) is 445 Å². The first kappa shape index (κ1) is 72.9. The number of rotatable bonds is 10. The summed E-state index contributed by atoms with van der Waals surface area (Å²) in [5, 5.41) is 65.3. The third-order valence-electron chi connectivity index (χ3n) is 9.24. The second kappa shape index (κ2) is 37.5. The average molecular weight is 1140 g/mol. The standard InChI is InChI=1S/C10H8N2O4.2C10H11NO3.C10H9NO2.C7H9N.C5H7ClO3.HNO3.Na.H2O/c1-5-2-3-7-6(4-5)9(13)8(12(15)16)10(14)11-7;2*1-7-2-4-8(5-3-7)11-9(12)6-10(13)14;1-6-2-3-8-7(4-6)9(12)5-10(13)11-8;1-6-2-4-7(8)5-3-6;1-2-9-5(8)3-4(6)7;2-1(3)4;;/h2-4H,1H3,(H2,11,13,14);2*2-5H,6H2,1H3,(H,11,12)(H,13,14);2-5H,1H3,(H2,11,12,13);2-5H,8H2,1H3;2-3H2,1H3;(H,2,3,4);;1H2/q;;;;;;;+1;/p-1. The number of aliphatic carboxylic acids is 2. The number of hydrogen-bond donors (Lipinski definition) is 10. The molecule has 0 atom stereocenters. The number of nitrogens with two attached hydrogens (primary N) is 1. The number of halogens is 1. The fraction of sp³-hybridized carbons (Fsp3) is 0.192. The van der Waals surface area contributed by atoms with Crippen LogP contribution in [0.4, 0.5) is 22.7 Å². The number of esters is 1. The third-order valence-corrected chi connectivity index (χ3v) is 9.37. The molecule has 5 aromatic carbocycles. The van der Waals surface area contributed by atoms with Gasteiger partial charge < -0.3 is 62.2 Å². The van der Waals surface area contributed by atoms with Crippen LogP contribution in [0.15, 0.2) is 125 Å². The van der Waals surface area contributed by atoms with Crippen LogP contribution in [0.5, 0.6) is 11.5 Å². The molecule has 0 spiro atoms. The summed E-state index contributed by atoms with van der Waals surface area (Å²) in [6.07, 6.45) is -1.35. The van der Waals surface area contributed by atoms with Crippen molar-refractivity contribution in [2.24, 2.45) is 0 Å². The fourth-order valence-corrected chi connectivity index (χ4v) is 5.86. The molecule has 0 aliphatic heterocycles. The molecule has 0 aliphatic rings. The van der Waals surface area contributed by atoms with E-state index in [2.05, 4.69) is 25.3 Å². The second-order valence-electron chi connectivity index (χ2n) is 16.0. The number of nitrogen functional groups attached to an aromatic ring is 1. The third kappa shape index (κ3) is 30.5. The first-order valence-corrected chi connectivity index (χ1v) is 22.9. The SMILES string of the molecule is CCOC(=O)CC(=O)Cl.Cc1ccc(N)cc1.Cc1ccc(NC(=O)CC(=O)O)cc1.Cc1ccc(NC(=O)CC(=O)O)cc1.Cc1ccc2[nH]c(=O)c([N+](=O)[O-])c(O)c2c1.Cc1ccc2[nH]c(=O)cc(O)c2c1.O=[N+]([O-])O.[Na+].[OH-]. The smallest absolute Gasteiger partial charge is 0.870 e. The number of nitrogens with one attached hydrogen (secondary N) is 4. The quantitative estimate of drug-likeness (QED) is 0.0170. The van der Waals surface area contributed by atoms with E-state index in [4.69, 9.17) is 42.9 Å². The number of amides is 2. The van der Waals surface area contributed by atoms with Crippen LogP contribution in [0, 0.1) is 54.8 Å². The van der Waals surface area contributed by atoms with Gasteiger partial charge >= 0.3 is 58.7 Å². The van der Waals surface area contributed by atoms with Crippen molar-refractivity contribution in [1.29, 1.82) is 0 Å². The van der Waals surface area contributed by atoms with Crippen LogP contribution < -0.4 is 57.0 Å². The minimum absolute atomic E-state index is 0. The van der Waals surface area contributed by atoms with Crippen LogP contribution in [0.1, 0.15) is 54.0 Å². The summed E-state index contributed by atoms with van der Waals surface area (Å²) in [7, 11) is 0. The summed E-state index contributed by atoms with van der Waals surface area (Å²) in [4.78, 5) is 108. The zero-order chi connectivity index (χ0) is 59.2. The Morgan fingerprint density at radius 3 is 1.36 bits per heavy atom. The fourth-order valence-electron chi connectivity index (χ4n) is 5.75. The zero-order valence-electron chi connectivity index (χ0n) is 44.1. The van der Waals surface area contributed by atoms with E-state index in [-0.39, 0.29) is 64.8 Å². The van der Waals surface area contributed by atoms with E-state index < -0.39 is 74.8 Å². The zero-order valence-corrected chi connectivity index (χ0v) is 46.9. The van der Waals surface area contributed by atoms with E-state index in [0.29, 0.717) is 27.8 Å². The van der Waals surface area contributed by atoms with Crippen LogP contribution in [0.2, 0.25) is 0 Å². The molecule has 2 aromatic heterocycles. The van der Waals surface area contributed by atoms with Gasteiger partial charge in [-0.2, -0.15) is 0 Å². The van der Waals surface area contributed by atoms with Gasteiger partial charge in [0.15, 0.2) is 0 Å². The number of ether oxygens (including phenoxy) is 1. The minimum Gasteiger partial charge on any atom is -0.870 e. The molecule has 80 heavy (non-hydrogen) atoms. The number of anilines is 3. The van der Waals surface area contributed by atoms with E-state index in [1.54, 1.807) is 62.4 Å². The van der Waals surface area contributed by atoms with E-state index in [1.807, 2.05) is 88.4 Å². The summed E-state index contributed by atoms with van der Waals surface area (Å²) in [6, 6.07) is 33.7. The minimum atomic E-state index is -1.50. The molecule has 12 N–H and O–H groups in total. The van der Waals surface area contributed by atoms with Gasteiger partial charge in [0.25, 0.3) is 10.6 Å². The molecule has 0 aliphatic carbocycles. The molecule has 0 unspecified atom stereocenters. The summed E-state index contributed by atoms with van der Waals surface area (Å²) >= 11 is 4.87. The van der Waals surface area contributed by atoms with Crippen LogP contribution in [0.3, 0.4) is 0 Å². The summed E-state index contributed by atoms with van der Waals surface area (Å²) in [5.74, 6) is -4.42. The number of aromatic hydroxyl groups is 2. The Morgan fingerprint density at radius 2 is 1.00 bits per heavy atom. The Labute approximate surface area is 482 Å². The van der Waals surface area contributed by atoms with E-state index in [0.717, 1.165) is 27.9 Å². The Hall–Kier alpha value is -9.21. The Bertz CT molecular complexity index is 3220. The van der Waals surface area contributed by atoms with Gasteiger partial charge in [-0.15, -0.1) is 10.1 Å². The monoisotopic (exact) mass is 1140 g/mol. The van der Waals surface area contributed by atoms with E-state index >= 15 is 0 Å². The Morgan fingerprint density at radius 1 is 0.625 bits per heavy atom. The molecule has 26 nitrogen and oxygen atoms in total. The molecule has 28 heteroatoms. The van der Waals surface area contributed by atoms with Crippen molar-refractivity contribution in [3.63, 3.8) is 0 Å². The van der Waals surface area contributed by atoms with Crippen molar-refractivity contribution in [2.45, 2.75) is 60.8 Å². The second-order valence-corrected chi connectivity index (χ2v) is 16.4. The molecular formula is C52H57ClN7NaO19. The Balaban J connectivity index is 0. The summed E-state index contributed by atoms with van der Waals surface area (Å²) in [5.41, 5.74) is 11.8. The average Bonchev–Trinajstić information content (AvgIpc) is 3.32. The van der Waals surface area contributed by atoms with Crippen molar-refractivity contribution in [2.75, 3.05) is 23.0 Å². The molecule has 7 rings (SSSR count). The number of aromatic amines is 2. The number of nitro groups is 1. The van der Waals surface area contributed by atoms with Gasteiger partial charge in [0, 0.05) is 33.9 Å². The number of pyridine rings is 2. The van der Waals surface area contributed by atoms with Gasteiger partial charge in [0.05, 0.1) is 22.6 Å². The Kier molecular flexibility index (Phi) is 34.2. The maximum atomic E-state index is 11.3. The van der Waals surface area contributed by atoms with Crippen LogP contribution in [-0.2, 0) is 33.5 Å². The van der Waals surface area contributed by atoms with E-state index in [1.165, 1.54) is 11.6 Å². The van der Waals surface area contributed by atoms with Gasteiger partial charge in [-0.1, -0.05) is 76.3 Å². The first-order chi connectivity index (χ1) is 36.5. The molecule has 7 aromatic rings. The van der Waals surface area contributed by atoms with Crippen LogP contribution in [-0.4, -0.2) is 92.7 Å². The summed E-state index contributed by atoms with van der Waals surface area (Å²) in [6.45, 7) is 11.6. The normalized spacial score (nSPS) is 9.34.